The molecule has 0 aliphatic heterocycles. The minimum atomic E-state index is -1.01. The molecule has 6 heteroatoms. The highest BCUT2D eigenvalue weighted by Gasteiger charge is 2.02. The van der Waals surface area contributed by atoms with E-state index in [2.05, 4.69) is 15.6 Å². The highest BCUT2D eigenvalue weighted by atomic mass is 16.4. The zero-order valence-corrected chi connectivity index (χ0v) is 11.0. The highest BCUT2D eigenvalue weighted by molar-refractivity contribution is 5.99. The fourth-order valence-corrected chi connectivity index (χ4v) is 1.58. The third-order valence-electron chi connectivity index (χ3n) is 2.51. The van der Waals surface area contributed by atoms with Crippen LogP contribution in [0.5, 0.6) is 0 Å². The molecule has 0 bridgehead atoms. The number of benzene rings is 1. The molecule has 21 heavy (non-hydrogen) atoms. The molecule has 0 spiro atoms. The van der Waals surface area contributed by atoms with Gasteiger partial charge in [0, 0.05) is 18.0 Å². The van der Waals surface area contributed by atoms with E-state index in [4.69, 9.17) is 5.11 Å². The SMILES string of the molecule is O=C(O)/C=C/c1ccc(NC(=O)Nc2cccnc2)cc1. The number of urea groups is 1. The van der Waals surface area contributed by atoms with Crippen LogP contribution in [0.2, 0.25) is 0 Å². The van der Waals surface area contributed by atoms with E-state index in [1.165, 1.54) is 6.08 Å². The minimum absolute atomic E-state index is 0.378. The molecule has 3 N–H and O–H groups in total. The molecule has 0 aliphatic rings. The topological polar surface area (TPSA) is 91.3 Å². The number of carboxylic acids is 1. The molecule has 6 nitrogen and oxygen atoms in total. The molecule has 0 aliphatic carbocycles. The number of hydrogen-bond acceptors (Lipinski definition) is 3. The molecule has 2 amide bonds. The number of carboxylic acid groups (broad SMARTS) is 1. The Kier molecular flexibility index (Phi) is 4.66. The maximum Gasteiger partial charge on any atom is 0.328 e. The van der Waals surface area contributed by atoms with Gasteiger partial charge in [0.15, 0.2) is 0 Å². The van der Waals surface area contributed by atoms with Crippen LogP contribution in [-0.4, -0.2) is 22.1 Å². The van der Waals surface area contributed by atoms with Gasteiger partial charge in [-0.1, -0.05) is 12.1 Å². The van der Waals surface area contributed by atoms with E-state index in [1.54, 1.807) is 48.8 Å². The van der Waals surface area contributed by atoms with Gasteiger partial charge in [0.2, 0.25) is 0 Å². The number of amides is 2. The van der Waals surface area contributed by atoms with Crippen molar-refractivity contribution >= 4 is 29.5 Å². The quantitative estimate of drug-likeness (QED) is 0.752. The van der Waals surface area contributed by atoms with Crippen molar-refractivity contribution in [3.05, 3.63) is 60.4 Å². The Balaban J connectivity index is 1.94. The standard InChI is InChI=1S/C15H13N3O3/c19-14(20)8-5-11-3-6-12(7-4-11)17-15(21)18-13-2-1-9-16-10-13/h1-10H,(H,19,20)(H2,17,18,21)/b8-5+. The van der Waals surface area contributed by atoms with Crippen LogP contribution in [0.25, 0.3) is 6.08 Å². The smallest absolute Gasteiger partial charge is 0.328 e. The van der Waals surface area contributed by atoms with Gasteiger partial charge >= 0.3 is 12.0 Å². The molecule has 0 atom stereocenters. The molecule has 0 fully saturated rings. The van der Waals surface area contributed by atoms with Crippen molar-refractivity contribution in [1.29, 1.82) is 0 Å². The lowest BCUT2D eigenvalue weighted by Gasteiger charge is -2.07. The molecule has 1 aromatic carbocycles. The number of carbonyl (C=O) groups is 2. The summed E-state index contributed by atoms with van der Waals surface area (Å²) >= 11 is 0. The summed E-state index contributed by atoms with van der Waals surface area (Å²) in [5.41, 5.74) is 1.93. The number of carbonyl (C=O) groups excluding carboxylic acids is 1. The Morgan fingerprint density at radius 2 is 1.76 bits per heavy atom. The Morgan fingerprint density at radius 3 is 2.38 bits per heavy atom. The Bertz CT molecular complexity index is 652. The largest absolute Gasteiger partial charge is 0.478 e. The molecule has 1 aromatic heterocycles. The third kappa shape index (κ3) is 4.79. The molecule has 0 saturated heterocycles. The van der Waals surface area contributed by atoms with Crippen LogP contribution in [0.1, 0.15) is 5.56 Å². The monoisotopic (exact) mass is 283 g/mol. The third-order valence-corrected chi connectivity index (χ3v) is 2.51. The van der Waals surface area contributed by atoms with Gasteiger partial charge < -0.3 is 15.7 Å². The van der Waals surface area contributed by atoms with Gasteiger partial charge in [-0.15, -0.1) is 0 Å². The van der Waals surface area contributed by atoms with Gasteiger partial charge in [-0.2, -0.15) is 0 Å². The van der Waals surface area contributed by atoms with Crippen LogP contribution in [0.4, 0.5) is 16.2 Å². The van der Waals surface area contributed by atoms with E-state index in [9.17, 15) is 9.59 Å². The second-order valence-electron chi connectivity index (χ2n) is 4.11. The number of rotatable bonds is 4. The van der Waals surface area contributed by atoms with E-state index >= 15 is 0 Å². The molecule has 1 heterocycles. The van der Waals surface area contributed by atoms with Crippen LogP contribution in [0, 0.1) is 0 Å². The summed E-state index contributed by atoms with van der Waals surface area (Å²) in [5, 5.41) is 13.8. The van der Waals surface area contributed by atoms with E-state index in [1.807, 2.05) is 0 Å². The molecule has 2 rings (SSSR count). The van der Waals surface area contributed by atoms with Crippen LogP contribution in [-0.2, 0) is 4.79 Å². The summed E-state index contributed by atoms with van der Waals surface area (Å²) in [5.74, 6) is -1.01. The van der Waals surface area contributed by atoms with Crippen molar-refractivity contribution in [2.75, 3.05) is 10.6 Å². The van der Waals surface area contributed by atoms with Crippen LogP contribution in [0.3, 0.4) is 0 Å². The second kappa shape index (κ2) is 6.85. The highest BCUT2D eigenvalue weighted by Crippen LogP contribution is 2.11. The van der Waals surface area contributed by atoms with Crippen molar-refractivity contribution in [3.63, 3.8) is 0 Å². The van der Waals surface area contributed by atoms with Crippen molar-refractivity contribution in [2.45, 2.75) is 0 Å². The number of aromatic nitrogens is 1. The maximum atomic E-state index is 11.7. The first-order valence-corrected chi connectivity index (χ1v) is 6.12. The van der Waals surface area contributed by atoms with Crippen LogP contribution >= 0.6 is 0 Å². The van der Waals surface area contributed by atoms with Gasteiger partial charge in [-0.3, -0.25) is 4.98 Å². The Hall–Kier alpha value is -3.15. The summed E-state index contributed by atoms with van der Waals surface area (Å²) in [6, 6.07) is 9.86. The fourth-order valence-electron chi connectivity index (χ4n) is 1.58. The van der Waals surface area contributed by atoms with Crippen LogP contribution in [0.15, 0.2) is 54.9 Å². The summed E-state index contributed by atoms with van der Waals surface area (Å²) in [6.07, 6.45) is 5.69. The van der Waals surface area contributed by atoms with E-state index in [0.29, 0.717) is 11.4 Å². The van der Waals surface area contributed by atoms with Crippen molar-refractivity contribution in [1.82, 2.24) is 4.98 Å². The zero-order valence-electron chi connectivity index (χ0n) is 11.0. The second-order valence-corrected chi connectivity index (χ2v) is 4.11. The summed E-state index contributed by atoms with van der Waals surface area (Å²) in [4.78, 5) is 26.0. The van der Waals surface area contributed by atoms with Crippen molar-refractivity contribution in [2.24, 2.45) is 0 Å². The van der Waals surface area contributed by atoms with Gasteiger partial charge in [0.25, 0.3) is 0 Å². The predicted octanol–water partition coefficient (Wildman–Crippen LogP) is 2.82. The summed E-state index contributed by atoms with van der Waals surface area (Å²) in [7, 11) is 0. The molecular weight excluding hydrogens is 270 g/mol. The van der Waals surface area contributed by atoms with Crippen molar-refractivity contribution in [3.8, 4) is 0 Å². The number of anilines is 2. The maximum absolute atomic E-state index is 11.7. The predicted molar refractivity (Wildman–Crippen MR) is 80.0 cm³/mol. The molecule has 106 valence electrons. The zero-order chi connectivity index (χ0) is 15.1. The average Bonchev–Trinajstić information content (AvgIpc) is 2.47. The average molecular weight is 283 g/mol. The molecule has 0 saturated carbocycles. The molecule has 0 radical (unpaired) electrons. The first-order chi connectivity index (χ1) is 10.1. The van der Waals surface area contributed by atoms with Gasteiger partial charge in [0.1, 0.15) is 0 Å². The number of aliphatic carboxylic acids is 1. The van der Waals surface area contributed by atoms with E-state index in [-0.39, 0.29) is 6.03 Å². The lowest BCUT2D eigenvalue weighted by Crippen LogP contribution is -2.19. The number of pyridine rings is 1. The molecule has 0 unspecified atom stereocenters. The van der Waals surface area contributed by atoms with Gasteiger partial charge in [-0.25, -0.2) is 9.59 Å². The number of nitrogens with one attached hydrogen (secondary N) is 2. The lowest BCUT2D eigenvalue weighted by atomic mass is 10.2. The number of hydrogen-bond donors (Lipinski definition) is 3. The molecule has 2 aromatic rings. The normalized spacial score (nSPS) is 10.3. The van der Waals surface area contributed by atoms with Gasteiger partial charge in [-0.05, 0) is 35.9 Å². The summed E-state index contributed by atoms with van der Waals surface area (Å²) in [6.45, 7) is 0. The Labute approximate surface area is 121 Å². The van der Waals surface area contributed by atoms with Gasteiger partial charge in [0.05, 0.1) is 11.9 Å². The molecular formula is C15H13N3O3. The van der Waals surface area contributed by atoms with E-state index < -0.39 is 5.97 Å². The van der Waals surface area contributed by atoms with E-state index in [0.717, 1.165) is 11.6 Å². The van der Waals surface area contributed by atoms with Crippen molar-refractivity contribution < 1.29 is 14.7 Å². The Morgan fingerprint density at radius 1 is 1.05 bits per heavy atom. The summed E-state index contributed by atoms with van der Waals surface area (Å²) < 4.78 is 0. The van der Waals surface area contributed by atoms with Crippen LogP contribution < -0.4 is 10.6 Å². The first-order valence-electron chi connectivity index (χ1n) is 6.12. The first kappa shape index (κ1) is 14.3. The fraction of sp³-hybridized carbons (Fsp3) is 0. The lowest BCUT2D eigenvalue weighted by molar-refractivity contribution is -0.131. The number of nitrogens with zero attached hydrogens (tertiary/aromatic N) is 1. The minimum Gasteiger partial charge on any atom is -0.478 e.